The lowest BCUT2D eigenvalue weighted by molar-refractivity contribution is 0.146. The molecule has 2 N–H and O–H groups in total. The van der Waals surface area contributed by atoms with Crippen molar-refractivity contribution in [1.29, 1.82) is 0 Å². The summed E-state index contributed by atoms with van der Waals surface area (Å²) in [5.74, 6) is 1.26. The predicted octanol–water partition coefficient (Wildman–Crippen LogP) is 2.42. The largest absolute Gasteiger partial charge is 0.384 e. The first-order valence-electron chi connectivity index (χ1n) is 5.40. The summed E-state index contributed by atoms with van der Waals surface area (Å²) in [6.45, 7) is 7.46. The van der Waals surface area contributed by atoms with Crippen molar-refractivity contribution >= 4 is 0 Å². The van der Waals surface area contributed by atoms with Crippen LogP contribution in [0.3, 0.4) is 0 Å². The van der Waals surface area contributed by atoms with Gasteiger partial charge in [-0.3, -0.25) is 0 Å². The first-order valence-corrected chi connectivity index (χ1v) is 5.40. The van der Waals surface area contributed by atoms with Gasteiger partial charge in [0.15, 0.2) is 0 Å². The molecule has 0 bridgehead atoms. The van der Waals surface area contributed by atoms with E-state index in [4.69, 9.17) is 10.5 Å². The minimum absolute atomic E-state index is 0.347. The van der Waals surface area contributed by atoms with Crippen molar-refractivity contribution < 1.29 is 4.74 Å². The molecule has 0 amide bonds. The lowest BCUT2D eigenvalue weighted by Gasteiger charge is -2.23. The Kier molecular flexibility index (Phi) is 7.29. The standard InChI is InChI=1S/C11H25NO/c1-5-10(6-2)11(12)7-9(3)8-13-4/h9-11H,5-8,12H2,1-4H3. The van der Waals surface area contributed by atoms with Gasteiger partial charge in [-0.05, 0) is 18.3 Å². The summed E-state index contributed by atoms with van der Waals surface area (Å²) < 4.78 is 5.10. The van der Waals surface area contributed by atoms with Gasteiger partial charge >= 0.3 is 0 Å². The highest BCUT2D eigenvalue weighted by Crippen LogP contribution is 2.17. The molecule has 0 rings (SSSR count). The molecule has 0 aliphatic rings. The molecule has 13 heavy (non-hydrogen) atoms. The zero-order valence-corrected chi connectivity index (χ0v) is 9.55. The van der Waals surface area contributed by atoms with Crippen LogP contribution >= 0.6 is 0 Å². The van der Waals surface area contributed by atoms with E-state index in [9.17, 15) is 0 Å². The molecule has 0 saturated carbocycles. The van der Waals surface area contributed by atoms with Crippen LogP contribution in [0.2, 0.25) is 0 Å². The van der Waals surface area contributed by atoms with Crippen molar-refractivity contribution in [2.75, 3.05) is 13.7 Å². The molecule has 2 heteroatoms. The van der Waals surface area contributed by atoms with E-state index in [0.717, 1.165) is 13.0 Å². The van der Waals surface area contributed by atoms with Gasteiger partial charge in [0.25, 0.3) is 0 Å². The van der Waals surface area contributed by atoms with E-state index in [-0.39, 0.29) is 0 Å². The average Bonchev–Trinajstić information content (AvgIpc) is 2.06. The fraction of sp³-hybridized carbons (Fsp3) is 1.00. The molecule has 0 saturated heterocycles. The number of nitrogens with two attached hydrogens (primary N) is 1. The van der Waals surface area contributed by atoms with E-state index >= 15 is 0 Å². The molecule has 0 spiro atoms. The zero-order chi connectivity index (χ0) is 10.3. The van der Waals surface area contributed by atoms with Gasteiger partial charge in [0.1, 0.15) is 0 Å². The first kappa shape index (κ1) is 12.9. The van der Waals surface area contributed by atoms with E-state index in [1.54, 1.807) is 7.11 Å². The summed E-state index contributed by atoms with van der Waals surface area (Å²) in [7, 11) is 1.75. The molecule has 0 heterocycles. The van der Waals surface area contributed by atoms with Crippen molar-refractivity contribution in [3.8, 4) is 0 Å². The molecule has 2 nitrogen and oxygen atoms in total. The molecule has 0 aromatic rings. The Morgan fingerprint density at radius 2 is 1.77 bits per heavy atom. The SMILES string of the molecule is CCC(CC)C(N)CC(C)COC. The van der Waals surface area contributed by atoms with Crippen LogP contribution in [0.4, 0.5) is 0 Å². The molecule has 2 unspecified atom stereocenters. The fourth-order valence-corrected chi connectivity index (χ4v) is 1.90. The number of hydrogen-bond donors (Lipinski definition) is 1. The van der Waals surface area contributed by atoms with Crippen LogP contribution in [-0.4, -0.2) is 19.8 Å². The summed E-state index contributed by atoms with van der Waals surface area (Å²) in [6.07, 6.45) is 3.47. The molecular weight excluding hydrogens is 162 g/mol. The van der Waals surface area contributed by atoms with E-state index in [2.05, 4.69) is 20.8 Å². The van der Waals surface area contributed by atoms with Crippen molar-refractivity contribution in [3.63, 3.8) is 0 Å². The fourth-order valence-electron chi connectivity index (χ4n) is 1.90. The molecule has 0 fully saturated rings. The zero-order valence-electron chi connectivity index (χ0n) is 9.55. The monoisotopic (exact) mass is 187 g/mol. The van der Waals surface area contributed by atoms with Crippen molar-refractivity contribution in [1.82, 2.24) is 0 Å². The van der Waals surface area contributed by atoms with E-state index in [1.807, 2.05) is 0 Å². The van der Waals surface area contributed by atoms with Crippen LogP contribution in [0.5, 0.6) is 0 Å². The highest BCUT2D eigenvalue weighted by atomic mass is 16.5. The maximum Gasteiger partial charge on any atom is 0.0488 e. The normalized spacial score (nSPS) is 16.2. The summed E-state index contributed by atoms with van der Waals surface area (Å²) in [6, 6.07) is 0.347. The van der Waals surface area contributed by atoms with Crippen LogP contribution < -0.4 is 5.73 Å². The lowest BCUT2D eigenvalue weighted by Crippen LogP contribution is -2.32. The van der Waals surface area contributed by atoms with Gasteiger partial charge in [-0.1, -0.05) is 33.6 Å². The van der Waals surface area contributed by atoms with Crippen LogP contribution in [-0.2, 0) is 4.74 Å². The van der Waals surface area contributed by atoms with Gasteiger partial charge in [-0.15, -0.1) is 0 Å². The number of ether oxygens (including phenoxy) is 1. The van der Waals surface area contributed by atoms with Crippen LogP contribution in [0.15, 0.2) is 0 Å². The van der Waals surface area contributed by atoms with Crippen LogP contribution in [0, 0.1) is 11.8 Å². The summed E-state index contributed by atoms with van der Waals surface area (Å²) in [4.78, 5) is 0. The minimum atomic E-state index is 0.347. The van der Waals surface area contributed by atoms with E-state index in [0.29, 0.717) is 17.9 Å². The third kappa shape index (κ3) is 5.27. The molecule has 0 aliphatic carbocycles. The van der Waals surface area contributed by atoms with Crippen molar-refractivity contribution in [2.45, 2.75) is 46.1 Å². The Morgan fingerprint density at radius 1 is 1.23 bits per heavy atom. The average molecular weight is 187 g/mol. The summed E-state index contributed by atoms with van der Waals surface area (Å²) in [5, 5.41) is 0. The van der Waals surface area contributed by atoms with Gasteiger partial charge in [0.05, 0.1) is 0 Å². The first-order chi connectivity index (χ1) is 6.15. The van der Waals surface area contributed by atoms with Gasteiger partial charge in [0.2, 0.25) is 0 Å². The maximum atomic E-state index is 6.11. The Bertz CT molecular complexity index is 113. The lowest BCUT2D eigenvalue weighted by atomic mass is 9.89. The molecule has 0 aromatic heterocycles. The van der Waals surface area contributed by atoms with Gasteiger partial charge in [-0.2, -0.15) is 0 Å². The Hall–Kier alpha value is -0.0800. The molecule has 0 aliphatic heterocycles. The van der Waals surface area contributed by atoms with Crippen LogP contribution in [0.1, 0.15) is 40.0 Å². The maximum absolute atomic E-state index is 6.11. The second-order valence-corrected chi connectivity index (χ2v) is 4.04. The van der Waals surface area contributed by atoms with E-state index < -0.39 is 0 Å². The molecule has 80 valence electrons. The Labute approximate surface area is 82.8 Å². The number of methoxy groups -OCH3 is 1. The van der Waals surface area contributed by atoms with Crippen molar-refractivity contribution in [3.05, 3.63) is 0 Å². The molecular formula is C11H25NO. The van der Waals surface area contributed by atoms with Gasteiger partial charge in [0, 0.05) is 19.8 Å². The van der Waals surface area contributed by atoms with E-state index in [1.165, 1.54) is 12.8 Å². The predicted molar refractivity (Wildman–Crippen MR) is 57.7 cm³/mol. The van der Waals surface area contributed by atoms with Gasteiger partial charge < -0.3 is 10.5 Å². The van der Waals surface area contributed by atoms with Crippen molar-refractivity contribution in [2.24, 2.45) is 17.6 Å². The Balaban J connectivity index is 3.75. The number of rotatable bonds is 7. The highest BCUT2D eigenvalue weighted by molar-refractivity contribution is 4.73. The highest BCUT2D eigenvalue weighted by Gasteiger charge is 2.16. The third-order valence-corrected chi connectivity index (χ3v) is 2.78. The second kappa shape index (κ2) is 7.34. The summed E-state index contributed by atoms with van der Waals surface area (Å²) in [5.41, 5.74) is 6.11. The molecule has 2 atom stereocenters. The smallest absolute Gasteiger partial charge is 0.0488 e. The third-order valence-electron chi connectivity index (χ3n) is 2.78. The second-order valence-electron chi connectivity index (χ2n) is 4.04. The summed E-state index contributed by atoms with van der Waals surface area (Å²) >= 11 is 0. The molecule has 0 radical (unpaired) electrons. The van der Waals surface area contributed by atoms with Crippen LogP contribution in [0.25, 0.3) is 0 Å². The minimum Gasteiger partial charge on any atom is -0.384 e. The molecule has 0 aromatic carbocycles. The quantitative estimate of drug-likeness (QED) is 0.664. The topological polar surface area (TPSA) is 35.2 Å². The van der Waals surface area contributed by atoms with Gasteiger partial charge in [-0.25, -0.2) is 0 Å². The number of hydrogen-bond acceptors (Lipinski definition) is 2. The Morgan fingerprint density at radius 3 is 2.15 bits per heavy atom.